The summed E-state index contributed by atoms with van der Waals surface area (Å²) < 4.78 is 3.30. The van der Waals surface area contributed by atoms with E-state index in [9.17, 15) is 0 Å². The standard InChI is InChI=1S/C17H21BrN4/c1-4-6-13-20-15-16(22(13)9-10(2)3)11-7-5-8-12(18)14(11)21-17(15)19/h5,7-8,10H,4,6,9H2,1-3H3,(H2,19,21). The molecule has 0 aliphatic carbocycles. The Morgan fingerprint density at radius 2 is 2.00 bits per heavy atom. The first-order chi connectivity index (χ1) is 10.5. The van der Waals surface area contributed by atoms with Crippen LogP contribution < -0.4 is 5.73 Å². The van der Waals surface area contributed by atoms with E-state index in [-0.39, 0.29) is 0 Å². The topological polar surface area (TPSA) is 56.7 Å². The molecule has 1 aromatic carbocycles. The molecule has 2 N–H and O–H groups in total. The van der Waals surface area contributed by atoms with E-state index in [1.165, 1.54) is 0 Å². The number of hydrogen-bond acceptors (Lipinski definition) is 3. The molecule has 0 amide bonds. The number of imidazole rings is 1. The molecule has 0 atom stereocenters. The number of fused-ring (bicyclic) bond motifs is 3. The summed E-state index contributed by atoms with van der Waals surface area (Å²) in [5.41, 5.74) is 9.04. The molecule has 0 radical (unpaired) electrons. The van der Waals surface area contributed by atoms with Crippen LogP contribution in [0.5, 0.6) is 0 Å². The van der Waals surface area contributed by atoms with E-state index in [1.54, 1.807) is 0 Å². The van der Waals surface area contributed by atoms with Gasteiger partial charge in [-0.15, -0.1) is 0 Å². The van der Waals surface area contributed by atoms with Gasteiger partial charge < -0.3 is 10.3 Å². The SMILES string of the molecule is CCCc1nc2c(N)nc3c(Br)cccc3c2n1CC(C)C. The number of benzene rings is 1. The normalized spacial score (nSPS) is 11.9. The number of para-hydroxylation sites is 1. The molecule has 0 aliphatic heterocycles. The highest BCUT2D eigenvalue weighted by atomic mass is 79.9. The molecule has 2 heterocycles. The first kappa shape index (κ1) is 15.3. The van der Waals surface area contributed by atoms with Gasteiger partial charge in [-0.3, -0.25) is 0 Å². The number of aromatic nitrogens is 3. The average molecular weight is 361 g/mol. The lowest BCUT2D eigenvalue weighted by atomic mass is 10.1. The number of pyridine rings is 1. The van der Waals surface area contributed by atoms with Crippen LogP contribution in [0, 0.1) is 5.92 Å². The summed E-state index contributed by atoms with van der Waals surface area (Å²) >= 11 is 3.58. The van der Waals surface area contributed by atoms with Crippen LogP contribution in [0.4, 0.5) is 5.82 Å². The fourth-order valence-corrected chi connectivity index (χ4v) is 3.38. The Hall–Kier alpha value is -1.62. The number of halogens is 1. The van der Waals surface area contributed by atoms with Crippen molar-refractivity contribution in [2.24, 2.45) is 5.92 Å². The van der Waals surface area contributed by atoms with Crippen molar-refractivity contribution >= 4 is 43.7 Å². The van der Waals surface area contributed by atoms with E-state index in [1.807, 2.05) is 12.1 Å². The largest absolute Gasteiger partial charge is 0.382 e. The van der Waals surface area contributed by atoms with Crippen LogP contribution >= 0.6 is 15.9 Å². The highest BCUT2D eigenvalue weighted by molar-refractivity contribution is 9.10. The lowest BCUT2D eigenvalue weighted by Crippen LogP contribution is -2.09. The Labute approximate surface area is 138 Å². The van der Waals surface area contributed by atoms with Gasteiger partial charge in [-0.05, 0) is 34.3 Å². The highest BCUT2D eigenvalue weighted by Crippen LogP contribution is 2.33. The molecule has 116 valence electrons. The molecule has 0 spiro atoms. The molecule has 0 unspecified atom stereocenters. The van der Waals surface area contributed by atoms with Crippen LogP contribution in [0.1, 0.15) is 33.0 Å². The Morgan fingerprint density at radius 3 is 2.68 bits per heavy atom. The molecule has 0 saturated carbocycles. The van der Waals surface area contributed by atoms with Crippen LogP contribution in [0.2, 0.25) is 0 Å². The van der Waals surface area contributed by atoms with Crippen molar-refractivity contribution < 1.29 is 0 Å². The zero-order chi connectivity index (χ0) is 15.9. The number of anilines is 1. The van der Waals surface area contributed by atoms with Gasteiger partial charge in [-0.25, -0.2) is 9.97 Å². The Bertz CT molecular complexity index is 836. The smallest absolute Gasteiger partial charge is 0.152 e. The molecule has 3 rings (SSSR count). The maximum absolute atomic E-state index is 6.19. The van der Waals surface area contributed by atoms with Gasteiger partial charge in [0.1, 0.15) is 11.3 Å². The Balaban J connectivity index is 2.43. The second-order valence-corrected chi connectivity index (χ2v) is 6.97. The summed E-state index contributed by atoms with van der Waals surface area (Å²) in [5.74, 6) is 2.16. The fourth-order valence-electron chi connectivity index (χ4n) is 2.92. The third-order valence-electron chi connectivity index (χ3n) is 3.78. The number of rotatable bonds is 4. The zero-order valence-corrected chi connectivity index (χ0v) is 14.8. The molecule has 0 fully saturated rings. The van der Waals surface area contributed by atoms with Gasteiger partial charge in [0, 0.05) is 22.8 Å². The maximum Gasteiger partial charge on any atom is 0.152 e. The van der Waals surface area contributed by atoms with Crippen LogP contribution in [0.25, 0.3) is 21.9 Å². The lowest BCUT2D eigenvalue weighted by Gasteiger charge is -2.13. The summed E-state index contributed by atoms with van der Waals surface area (Å²) in [4.78, 5) is 9.35. The van der Waals surface area contributed by atoms with Crippen molar-refractivity contribution in [2.45, 2.75) is 40.2 Å². The van der Waals surface area contributed by atoms with E-state index in [2.05, 4.69) is 52.3 Å². The van der Waals surface area contributed by atoms with Crippen molar-refractivity contribution in [1.82, 2.24) is 14.5 Å². The number of nitrogens with two attached hydrogens (primary N) is 1. The maximum atomic E-state index is 6.19. The number of nitrogens with zero attached hydrogens (tertiary/aromatic N) is 3. The minimum absolute atomic E-state index is 0.509. The molecule has 4 nitrogen and oxygen atoms in total. The minimum atomic E-state index is 0.509. The van der Waals surface area contributed by atoms with Crippen molar-refractivity contribution in [3.05, 3.63) is 28.5 Å². The Kier molecular flexibility index (Phi) is 4.08. The summed E-state index contributed by atoms with van der Waals surface area (Å²) in [6.45, 7) is 7.57. The number of hydrogen-bond donors (Lipinski definition) is 1. The predicted molar refractivity (Wildman–Crippen MR) is 96.0 cm³/mol. The second kappa shape index (κ2) is 5.88. The summed E-state index contributed by atoms with van der Waals surface area (Å²) in [6, 6.07) is 6.13. The second-order valence-electron chi connectivity index (χ2n) is 6.11. The zero-order valence-electron chi connectivity index (χ0n) is 13.2. The molecule has 5 heteroatoms. The quantitative estimate of drug-likeness (QED) is 0.742. The molecule has 3 aromatic rings. The lowest BCUT2D eigenvalue weighted by molar-refractivity contribution is 0.516. The summed E-state index contributed by atoms with van der Waals surface area (Å²) in [7, 11) is 0. The van der Waals surface area contributed by atoms with Gasteiger partial charge in [0.2, 0.25) is 0 Å². The summed E-state index contributed by atoms with van der Waals surface area (Å²) in [5, 5.41) is 1.11. The van der Waals surface area contributed by atoms with Crippen molar-refractivity contribution in [2.75, 3.05) is 5.73 Å². The van der Waals surface area contributed by atoms with Crippen LogP contribution in [0.15, 0.2) is 22.7 Å². The molecule has 22 heavy (non-hydrogen) atoms. The molecule has 0 saturated heterocycles. The van der Waals surface area contributed by atoms with E-state index in [4.69, 9.17) is 10.7 Å². The number of nitrogen functional groups attached to an aromatic ring is 1. The highest BCUT2D eigenvalue weighted by Gasteiger charge is 2.18. The first-order valence-electron chi connectivity index (χ1n) is 7.75. The van der Waals surface area contributed by atoms with Gasteiger partial charge in [0.15, 0.2) is 5.82 Å². The fraction of sp³-hybridized carbons (Fsp3) is 0.412. The molecule has 0 bridgehead atoms. The van der Waals surface area contributed by atoms with E-state index >= 15 is 0 Å². The van der Waals surface area contributed by atoms with E-state index in [0.29, 0.717) is 11.7 Å². The average Bonchev–Trinajstić information content (AvgIpc) is 2.80. The third kappa shape index (κ3) is 2.47. The molecular formula is C17H21BrN4. The van der Waals surface area contributed by atoms with Crippen molar-refractivity contribution in [1.29, 1.82) is 0 Å². The molecule has 2 aromatic heterocycles. The monoisotopic (exact) mass is 360 g/mol. The minimum Gasteiger partial charge on any atom is -0.382 e. The summed E-state index contributed by atoms with van der Waals surface area (Å²) in [6.07, 6.45) is 2.02. The third-order valence-corrected chi connectivity index (χ3v) is 4.42. The van der Waals surface area contributed by atoms with Crippen LogP contribution in [0.3, 0.4) is 0 Å². The van der Waals surface area contributed by atoms with Crippen LogP contribution in [-0.4, -0.2) is 14.5 Å². The van der Waals surface area contributed by atoms with Gasteiger partial charge in [0.05, 0.1) is 11.0 Å². The molecule has 0 aliphatic rings. The van der Waals surface area contributed by atoms with Gasteiger partial charge in [-0.1, -0.05) is 32.9 Å². The Morgan fingerprint density at radius 1 is 1.23 bits per heavy atom. The van der Waals surface area contributed by atoms with E-state index < -0.39 is 0 Å². The number of aryl methyl sites for hydroxylation is 1. The molecular weight excluding hydrogens is 340 g/mol. The first-order valence-corrected chi connectivity index (χ1v) is 8.55. The van der Waals surface area contributed by atoms with Gasteiger partial charge in [0.25, 0.3) is 0 Å². The van der Waals surface area contributed by atoms with E-state index in [0.717, 1.165) is 51.6 Å². The van der Waals surface area contributed by atoms with Gasteiger partial charge in [-0.2, -0.15) is 0 Å². The predicted octanol–water partition coefficient (Wildman–Crippen LogP) is 4.54. The van der Waals surface area contributed by atoms with Crippen LogP contribution in [-0.2, 0) is 13.0 Å². The van der Waals surface area contributed by atoms with Crippen molar-refractivity contribution in [3.8, 4) is 0 Å². The van der Waals surface area contributed by atoms with Crippen molar-refractivity contribution in [3.63, 3.8) is 0 Å². The van der Waals surface area contributed by atoms with Gasteiger partial charge >= 0.3 is 0 Å².